The van der Waals surface area contributed by atoms with Gasteiger partial charge in [-0.2, -0.15) is 0 Å². The van der Waals surface area contributed by atoms with Crippen molar-refractivity contribution >= 4 is 17.7 Å². The van der Waals surface area contributed by atoms with Gasteiger partial charge in [0.05, 0.1) is 38.1 Å². The molecule has 0 radical (unpaired) electrons. The number of methoxy groups -OCH3 is 1. The van der Waals surface area contributed by atoms with Crippen molar-refractivity contribution in [3.05, 3.63) is 31.3 Å². The molecule has 91 heavy (non-hydrogen) atoms. The number of nitrogens with zero attached hydrogens (tertiary/aromatic N) is 9. The van der Waals surface area contributed by atoms with Gasteiger partial charge >= 0.3 is 11.9 Å². The molecule has 35 heteroatoms. The molecule has 0 aliphatic carbocycles. The summed E-state index contributed by atoms with van der Waals surface area (Å²) in [6, 6.07) is -4.58. The number of aliphatic hydroxyl groups excluding tert-OH is 5. The lowest BCUT2D eigenvalue weighted by molar-refractivity contribution is -0.380. The average molecular weight is 1310 g/mol. The third kappa shape index (κ3) is 20.6. The summed E-state index contributed by atoms with van der Waals surface area (Å²) in [5.41, 5.74) is 29.6. The molecule has 25 atom stereocenters. The van der Waals surface area contributed by atoms with Crippen molar-refractivity contribution in [1.82, 2.24) is 0 Å². The largest absolute Gasteiger partial charge is 0.479 e. The van der Waals surface area contributed by atoms with E-state index in [-0.39, 0.29) is 39.6 Å². The Hall–Kier alpha value is -4.30. The number of ketones is 1. The number of carbonyl (C=O) groups is 3. The first-order valence-corrected chi connectivity index (χ1v) is 31.5. The van der Waals surface area contributed by atoms with Crippen molar-refractivity contribution < 1.29 is 126 Å². The van der Waals surface area contributed by atoms with Crippen molar-refractivity contribution in [2.75, 3.05) is 66.6 Å². The summed E-state index contributed by atoms with van der Waals surface area (Å²) in [5, 5.41) is 89.9. The van der Waals surface area contributed by atoms with E-state index in [4.69, 9.17) is 75.8 Å². The van der Waals surface area contributed by atoms with Crippen LogP contribution in [-0.4, -0.2) is 273 Å². The van der Waals surface area contributed by atoms with Gasteiger partial charge in [-0.05, 0) is 55.1 Å². The third-order valence-electron chi connectivity index (χ3n) is 15.9. The van der Waals surface area contributed by atoms with Crippen molar-refractivity contribution in [1.29, 1.82) is 0 Å². The van der Waals surface area contributed by atoms with Gasteiger partial charge in [0.1, 0.15) is 91.4 Å². The Labute approximate surface area is 527 Å². The van der Waals surface area contributed by atoms with Crippen LogP contribution in [0.2, 0.25) is 0 Å². The highest BCUT2D eigenvalue weighted by Crippen LogP contribution is 2.40. The average Bonchev–Trinajstić information content (AvgIpc) is 0.842. The molecule has 5 heterocycles. The molecule has 5 fully saturated rings. The van der Waals surface area contributed by atoms with Gasteiger partial charge in [0.25, 0.3) is 5.78 Å². The normalized spacial score (nSPS) is 36.8. The van der Waals surface area contributed by atoms with E-state index < -0.39 is 191 Å². The van der Waals surface area contributed by atoms with Gasteiger partial charge in [0, 0.05) is 61.5 Å². The maximum absolute atomic E-state index is 14.1. The van der Waals surface area contributed by atoms with E-state index >= 15 is 0 Å². The number of rotatable bonds is 42. The van der Waals surface area contributed by atoms with Gasteiger partial charge in [-0.25, -0.2) is 9.59 Å². The first-order chi connectivity index (χ1) is 44.1. The highest BCUT2D eigenvalue weighted by Gasteiger charge is 2.60. The molecule has 7 N–H and O–H groups in total. The number of carboxylic acids is 2. The topological polar surface area (TPSA) is 487 Å². The third-order valence-corrected chi connectivity index (χ3v) is 15.9. The molecule has 0 bridgehead atoms. The molecule has 0 amide bonds. The van der Waals surface area contributed by atoms with Gasteiger partial charge < -0.3 is 112 Å². The minimum absolute atomic E-state index is 0.0492. The lowest BCUT2D eigenvalue weighted by Gasteiger charge is -2.51. The van der Waals surface area contributed by atoms with Crippen molar-refractivity contribution in [2.24, 2.45) is 15.3 Å². The van der Waals surface area contributed by atoms with E-state index in [1.165, 1.54) is 7.11 Å². The summed E-state index contributed by atoms with van der Waals surface area (Å²) in [6.45, 7) is 9.18. The van der Waals surface area contributed by atoms with E-state index in [9.17, 15) is 66.7 Å². The van der Waals surface area contributed by atoms with Crippen LogP contribution in [0.1, 0.15) is 119 Å². The summed E-state index contributed by atoms with van der Waals surface area (Å²) in [5.74, 6) is -5.33. The zero-order valence-corrected chi connectivity index (χ0v) is 52.7. The lowest BCUT2D eigenvalue weighted by atomic mass is 9.93. The molecule has 5 aliphatic heterocycles. The zero-order chi connectivity index (χ0) is 66.6. The van der Waals surface area contributed by atoms with E-state index in [0.29, 0.717) is 70.6 Å². The van der Waals surface area contributed by atoms with Gasteiger partial charge in [0.2, 0.25) is 0 Å². The van der Waals surface area contributed by atoms with Crippen LogP contribution in [0.25, 0.3) is 31.3 Å². The fourth-order valence-electron chi connectivity index (χ4n) is 11.1. The molecule has 0 aromatic heterocycles. The molecule has 520 valence electrons. The number of carbonyl (C=O) groups excluding carboxylic acids is 1. The molecule has 0 aromatic carbocycles. The van der Waals surface area contributed by atoms with Crippen LogP contribution >= 0.6 is 0 Å². The van der Waals surface area contributed by atoms with E-state index in [0.717, 1.165) is 6.42 Å². The van der Waals surface area contributed by atoms with Crippen molar-refractivity contribution in [2.45, 2.75) is 272 Å². The number of azide groups is 3. The van der Waals surface area contributed by atoms with E-state index in [2.05, 4.69) is 30.1 Å². The number of hydrogen-bond acceptors (Lipinski definition) is 27. The first-order valence-electron chi connectivity index (χ1n) is 31.5. The maximum atomic E-state index is 14.1. The molecule has 15 unspecified atom stereocenters. The summed E-state index contributed by atoms with van der Waals surface area (Å²) in [4.78, 5) is 49.3. The monoisotopic (exact) mass is 1310 g/mol. The van der Waals surface area contributed by atoms with Gasteiger partial charge in [-0.3, -0.25) is 4.79 Å². The van der Waals surface area contributed by atoms with Gasteiger partial charge in [0.15, 0.2) is 43.7 Å². The molecule has 35 nitrogen and oxygen atoms in total. The van der Waals surface area contributed by atoms with E-state index in [1.54, 1.807) is 0 Å². The van der Waals surface area contributed by atoms with Crippen LogP contribution in [0.5, 0.6) is 0 Å². The predicted molar refractivity (Wildman–Crippen MR) is 310 cm³/mol. The minimum Gasteiger partial charge on any atom is -0.479 e. The SMILES string of the molecule is CCCCOC1C(OCCCC)[C@H](O[C@H]2OC(CO)[C@@H](OCCCC)C(OCCCC)C2N=[N+]=[N-])C(C(=O)C(=O)O)O[C@H]1O[C@@H]1C(CO)O[C@H](O[C@@H]2C(C(=O)O)O[C@@H](O[C@@H]3C(CO)O[C@H](OC)C(N=[N+]=[N-])C3OCCCC)C(O)C2OCCCC)C(N=[N+]=[N-])C1O. The summed E-state index contributed by atoms with van der Waals surface area (Å²) >= 11 is 0. The van der Waals surface area contributed by atoms with Crippen molar-refractivity contribution in [3.8, 4) is 0 Å². The Bertz CT molecular complexity index is 2310. The molecule has 0 spiro atoms. The number of aliphatic hydroxyl groups is 5. The molecule has 5 aliphatic rings. The second-order valence-corrected chi connectivity index (χ2v) is 22.4. The molecular formula is C56H95N9O26. The summed E-state index contributed by atoms with van der Waals surface area (Å²) in [7, 11) is 1.28. The van der Waals surface area contributed by atoms with Crippen LogP contribution < -0.4 is 0 Å². The fourth-order valence-corrected chi connectivity index (χ4v) is 11.1. The number of unbranched alkanes of at least 4 members (excludes halogenated alkanes) is 6. The number of ether oxygens (including phenoxy) is 16. The summed E-state index contributed by atoms with van der Waals surface area (Å²) < 4.78 is 99.5. The molecular weight excluding hydrogens is 1210 g/mol. The maximum Gasteiger partial charge on any atom is 0.375 e. The Morgan fingerprint density at radius 3 is 1.23 bits per heavy atom. The number of hydrogen-bond donors (Lipinski definition) is 7. The van der Waals surface area contributed by atoms with Crippen molar-refractivity contribution in [3.63, 3.8) is 0 Å². The lowest BCUT2D eigenvalue weighted by Crippen LogP contribution is -2.69. The zero-order valence-electron chi connectivity index (χ0n) is 52.7. The highest BCUT2D eigenvalue weighted by molar-refractivity contribution is 6.34. The molecule has 5 rings (SSSR count). The molecule has 5 saturated heterocycles. The van der Waals surface area contributed by atoms with Gasteiger partial charge in [-0.15, -0.1) is 0 Å². The standard InChI is InChI=1S/C56H95N9O26/c1-8-14-20-77-39-30(27-67)85-54(34(62-65-59)41(39)78-21-15-9-2)90-47-44(36(70)50(72)73)88-56(49(82-25-19-13-6)45(47)81-24-18-12-5)86-38-29(26-66)84-53(32(35(38)69)60-63-57)89-46-43(80-23-17-11-4)37(71)55(91-48(46)51(74)75)87-40-31(28-68)83-52(76-7)33(61-64-58)42(40)79-22-16-10-3/h29-35,37-49,52-56,66-69,71H,8-28H2,1-7H3,(H,72,73)(H,74,75)/t29?,30?,31?,32?,33?,34?,35?,37?,38-,39-,40-,41?,42?,43?,44?,45?,46+,47-,48?,49?,52+,53-,54-,55-,56-/m1/s1. The number of aliphatic carboxylic acids is 2. The second-order valence-electron chi connectivity index (χ2n) is 22.4. The Morgan fingerprint density at radius 1 is 0.407 bits per heavy atom. The smallest absolute Gasteiger partial charge is 0.375 e. The second kappa shape index (κ2) is 40.8. The van der Waals surface area contributed by atoms with Crippen LogP contribution in [0.4, 0.5) is 0 Å². The van der Waals surface area contributed by atoms with Crippen LogP contribution in [0, 0.1) is 0 Å². The Morgan fingerprint density at radius 2 is 0.769 bits per heavy atom. The molecule has 0 aromatic rings. The minimum atomic E-state index is -2.20. The molecule has 0 saturated carbocycles. The highest BCUT2D eigenvalue weighted by atomic mass is 16.8. The Kier molecular flexibility index (Phi) is 34.7. The first kappa shape index (κ1) is 77.4. The van der Waals surface area contributed by atoms with Crippen LogP contribution in [0.15, 0.2) is 15.3 Å². The summed E-state index contributed by atoms with van der Waals surface area (Å²) in [6.07, 6.45) is -29.9. The fraction of sp³-hybridized carbons (Fsp3) is 0.946. The van der Waals surface area contributed by atoms with Crippen LogP contribution in [0.3, 0.4) is 0 Å². The predicted octanol–water partition coefficient (Wildman–Crippen LogP) is 3.38. The quantitative estimate of drug-likeness (QED) is 0.0151. The number of Topliss-reactive ketones (excluding diaryl/α,β-unsaturated/α-hetero) is 1. The van der Waals surface area contributed by atoms with Crippen LogP contribution in [-0.2, 0) is 90.2 Å². The Balaban J connectivity index is 1.54. The van der Waals surface area contributed by atoms with Gasteiger partial charge in [-0.1, -0.05) is 95.4 Å². The van der Waals surface area contributed by atoms with E-state index in [1.807, 2.05) is 41.5 Å². The number of carboxylic acid groups (broad SMARTS) is 2.